The van der Waals surface area contributed by atoms with Crippen LogP contribution in [0.25, 0.3) is 0 Å². The first kappa shape index (κ1) is 17.4. The molecule has 1 aliphatic rings. The first-order chi connectivity index (χ1) is 12.1. The lowest BCUT2D eigenvalue weighted by molar-refractivity contribution is -0.142. The van der Waals surface area contributed by atoms with Gasteiger partial charge in [0.05, 0.1) is 0 Å². The van der Waals surface area contributed by atoms with Crippen molar-refractivity contribution in [3.05, 3.63) is 59.9 Å². The summed E-state index contributed by atoms with van der Waals surface area (Å²) < 4.78 is 5.94. The molecular weight excluding hydrogens is 318 g/mol. The largest absolute Gasteiger partial charge is 0.489 e. The number of piperidine rings is 1. The number of hydrogen-bond donors (Lipinski definition) is 2. The topological polar surface area (TPSA) is 88.7 Å². The predicted molar refractivity (Wildman–Crippen MR) is 93.7 cm³/mol. The van der Waals surface area contributed by atoms with Gasteiger partial charge in [0, 0.05) is 36.6 Å². The zero-order valence-corrected chi connectivity index (χ0v) is 14.1. The minimum Gasteiger partial charge on any atom is -0.489 e. The van der Waals surface area contributed by atoms with E-state index in [0.717, 1.165) is 29.8 Å². The number of benzene rings is 1. The predicted octanol–water partition coefficient (Wildman–Crippen LogP) is 1.47. The number of primary amides is 1. The molecule has 25 heavy (non-hydrogen) atoms. The molecule has 2 heterocycles. The van der Waals surface area contributed by atoms with Crippen LogP contribution in [0.2, 0.25) is 0 Å². The number of carbonyl (C=O) groups excluding carboxylic acids is 1. The Labute approximate surface area is 147 Å². The summed E-state index contributed by atoms with van der Waals surface area (Å²) in [5, 5.41) is 10.4. The van der Waals surface area contributed by atoms with Gasteiger partial charge in [0.2, 0.25) is 0 Å². The molecule has 0 radical (unpaired) electrons. The highest BCUT2D eigenvalue weighted by Gasteiger charge is 2.38. The van der Waals surface area contributed by atoms with E-state index in [-0.39, 0.29) is 6.54 Å². The minimum absolute atomic E-state index is 0.249. The number of rotatable bonds is 6. The van der Waals surface area contributed by atoms with Crippen LogP contribution in [0.3, 0.4) is 0 Å². The fourth-order valence-electron chi connectivity index (χ4n) is 3.12. The Morgan fingerprint density at radius 3 is 2.92 bits per heavy atom. The molecule has 1 atom stereocenters. The van der Waals surface area contributed by atoms with Crippen molar-refractivity contribution >= 4 is 5.91 Å². The Balaban J connectivity index is 1.67. The van der Waals surface area contributed by atoms with Crippen LogP contribution in [-0.4, -0.2) is 39.6 Å². The van der Waals surface area contributed by atoms with E-state index in [1.54, 1.807) is 12.4 Å². The van der Waals surface area contributed by atoms with Gasteiger partial charge < -0.3 is 15.6 Å². The van der Waals surface area contributed by atoms with Crippen LogP contribution in [0.1, 0.15) is 24.0 Å². The number of nitrogens with zero attached hydrogens (tertiary/aromatic N) is 2. The molecule has 0 aliphatic carbocycles. The van der Waals surface area contributed by atoms with Gasteiger partial charge in [-0.1, -0.05) is 24.3 Å². The maximum absolute atomic E-state index is 11.5. The fourth-order valence-corrected chi connectivity index (χ4v) is 3.12. The number of aromatic nitrogens is 1. The van der Waals surface area contributed by atoms with Gasteiger partial charge in [-0.05, 0) is 31.5 Å². The second-order valence-electron chi connectivity index (χ2n) is 6.47. The molecule has 3 rings (SSSR count). The molecule has 1 unspecified atom stereocenters. The molecule has 1 fully saturated rings. The van der Waals surface area contributed by atoms with Crippen molar-refractivity contribution in [1.82, 2.24) is 9.88 Å². The zero-order chi connectivity index (χ0) is 17.7. The first-order valence-electron chi connectivity index (χ1n) is 8.41. The lowest BCUT2D eigenvalue weighted by Crippen LogP contribution is -2.55. The number of likely N-dealkylation sites (tertiary alicyclic amines) is 1. The van der Waals surface area contributed by atoms with Gasteiger partial charge in [0.15, 0.2) is 5.60 Å². The summed E-state index contributed by atoms with van der Waals surface area (Å²) in [7, 11) is 0. The molecule has 0 bridgehead atoms. The number of para-hydroxylation sites is 1. The number of hydrogen-bond acceptors (Lipinski definition) is 5. The van der Waals surface area contributed by atoms with Gasteiger partial charge >= 0.3 is 0 Å². The molecule has 1 aliphatic heterocycles. The van der Waals surface area contributed by atoms with E-state index in [9.17, 15) is 9.90 Å². The highest BCUT2D eigenvalue weighted by atomic mass is 16.5. The number of pyridine rings is 1. The van der Waals surface area contributed by atoms with Crippen molar-refractivity contribution < 1.29 is 14.6 Å². The van der Waals surface area contributed by atoms with Crippen molar-refractivity contribution in [1.29, 1.82) is 0 Å². The van der Waals surface area contributed by atoms with Crippen LogP contribution in [-0.2, 0) is 17.9 Å². The summed E-state index contributed by atoms with van der Waals surface area (Å²) in [5.74, 6) is 0.137. The van der Waals surface area contributed by atoms with E-state index in [0.29, 0.717) is 19.6 Å². The van der Waals surface area contributed by atoms with Gasteiger partial charge in [0.1, 0.15) is 12.4 Å². The number of amides is 1. The molecule has 1 aromatic carbocycles. The summed E-state index contributed by atoms with van der Waals surface area (Å²) in [6.45, 7) is 2.10. The van der Waals surface area contributed by atoms with Crippen LogP contribution in [0.5, 0.6) is 5.75 Å². The number of nitrogens with two attached hydrogens (primary N) is 1. The van der Waals surface area contributed by atoms with Gasteiger partial charge in [-0.15, -0.1) is 0 Å². The van der Waals surface area contributed by atoms with E-state index in [4.69, 9.17) is 10.5 Å². The lowest BCUT2D eigenvalue weighted by Gasteiger charge is -2.37. The molecule has 1 saturated heterocycles. The summed E-state index contributed by atoms with van der Waals surface area (Å²) in [6.07, 6.45) is 4.66. The summed E-state index contributed by atoms with van der Waals surface area (Å²) in [5.41, 5.74) is 5.92. The molecule has 132 valence electrons. The third-order valence-electron chi connectivity index (χ3n) is 4.49. The van der Waals surface area contributed by atoms with Gasteiger partial charge in [-0.3, -0.25) is 14.7 Å². The third-order valence-corrected chi connectivity index (χ3v) is 4.49. The summed E-state index contributed by atoms with van der Waals surface area (Å²) in [6, 6.07) is 11.6. The maximum atomic E-state index is 11.5. The van der Waals surface area contributed by atoms with E-state index in [1.165, 1.54) is 0 Å². The van der Waals surface area contributed by atoms with E-state index >= 15 is 0 Å². The molecular formula is C19H23N3O3. The molecule has 1 aromatic heterocycles. The molecule has 6 nitrogen and oxygen atoms in total. The molecule has 6 heteroatoms. The van der Waals surface area contributed by atoms with E-state index in [1.807, 2.05) is 41.3 Å². The van der Waals surface area contributed by atoms with Crippen molar-refractivity contribution in [2.75, 3.05) is 13.1 Å². The Bertz CT molecular complexity index is 723. The quantitative estimate of drug-likeness (QED) is 0.831. The second kappa shape index (κ2) is 7.63. The maximum Gasteiger partial charge on any atom is 0.250 e. The number of carbonyl (C=O) groups is 1. The molecule has 3 N–H and O–H groups in total. The molecule has 0 spiro atoms. The van der Waals surface area contributed by atoms with Crippen LogP contribution in [0.15, 0.2) is 48.8 Å². The Hall–Kier alpha value is -2.44. The van der Waals surface area contributed by atoms with E-state index < -0.39 is 11.5 Å². The Morgan fingerprint density at radius 1 is 1.32 bits per heavy atom. The molecule has 1 amide bonds. The van der Waals surface area contributed by atoms with Gasteiger partial charge in [-0.25, -0.2) is 0 Å². The van der Waals surface area contributed by atoms with Crippen LogP contribution < -0.4 is 10.5 Å². The van der Waals surface area contributed by atoms with E-state index in [2.05, 4.69) is 4.98 Å². The van der Waals surface area contributed by atoms with Crippen molar-refractivity contribution in [2.24, 2.45) is 5.73 Å². The average molecular weight is 341 g/mol. The van der Waals surface area contributed by atoms with Crippen molar-refractivity contribution in [3.8, 4) is 5.75 Å². The van der Waals surface area contributed by atoms with Gasteiger partial charge in [0.25, 0.3) is 5.91 Å². The highest BCUT2D eigenvalue weighted by molar-refractivity contribution is 5.83. The average Bonchev–Trinajstić information content (AvgIpc) is 2.62. The standard InChI is InChI=1S/C19H23N3O3/c20-18(23)19(24)8-4-10-22(14-19)12-16-6-1-2-7-17(16)25-13-15-5-3-9-21-11-15/h1-3,5-7,9,11,24H,4,8,10,12-14H2,(H2,20,23). The normalized spacial score (nSPS) is 21.0. The third kappa shape index (κ3) is 4.35. The Kier molecular flexibility index (Phi) is 5.31. The van der Waals surface area contributed by atoms with Crippen LogP contribution in [0.4, 0.5) is 0 Å². The zero-order valence-electron chi connectivity index (χ0n) is 14.1. The minimum atomic E-state index is -1.44. The second-order valence-corrected chi connectivity index (χ2v) is 6.47. The van der Waals surface area contributed by atoms with Crippen molar-refractivity contribution in [2.45, 2.75) is 31.6 Å². The molecule has 0 saturated carbocycles. The lowest BCUT2D eigenvalue weighted by atomic mass is 9.92. The summed E-state index contributed by atoms with van der Waals surface area (Å²) >= 11 is 0. The van der Waals surface area contributed by atoms with Crippen molar-refractivity contribution in [3.63, 3.8) is 0 Å². The van der Waals surface area contributed by atoms with Crippen LogP contribution in [0, 0.1) is 0 Å². The monoisotopic (exact) mass is 341 g/mol. The summed E-state index contributed by atoms with van der Waals surface area (Å²) in [4.78, 5) is 17.6. The Morgan fingerprint density at radius 2 is 2.16 bits per heavy atom. The number of aliphatic hydroxyl groups is 1. The number of β-amino-alcohol motifs (C(OH)–C–C–N with tert-alkyl or cyclic N) is 1. The number of ether oxygens (including phenoxy) is 1. The first-order valence-corrected chi connectivity index (χ1v) is 8.41. The molecule has 2 aromatic rings. The highest BCUT2D eigenvalue weighted by Crippen LogP contribution is 2.26. The van der Waals surface area contributed by atoms with Crippen LogP contribution >= 0.6 is 0 Å². The fraction of sp³-hybridized carbons (Fsp3) is 0.368. The smallest absolute Gasteiger partial charge is 0.250 e. The van der Waals surface area contributed by atoms with Gasteiger partial charge in [-0.2, -0.15) is 0 Å². The SMILES string of the molecule is NC(=O)C1(O)CCCN(Cc2ccccc2OCc2cccnc2)C1.